The Hall–Kier alpha value is -3.90. The number of hydrogen-bond donors (Lipinski definition) is 1. The van der Waals surface area contributed by atoms with E-state index in [1.807, 2.05) is 67.6 Å². The van der Waals surface area contributed by atoms with Crippen molar-refractivity contribution in [3.8, 4) is 28.1 Å². The maximum atomic E-state index is 13.6. The molecule has 1 heterocycles. The van der Waals surface area contributed by atoms with Gasteiger partial charge in [0.25, 0.3) is 11.5 Å². The number of halogens is 1. The number of amides is 1. The lowest BCUT2D eigenvalue weighted by Crippen LogP contribution is -2.32. The highest BCUT2D eigenvalue weighted by atomic mass is 35.5. The summed E-state index contributed by atoms with van der Waals surface area (Å²) < 4.78 is 6.66. The van der Waals surface area contributed by atoms with Crippen LogP contribution in [0.25, 0.3) is 22.4 Å². The molecule has 1 amide bonds. The van der Waals surface area contributed by atoms with Gasteiger partial charge in [-0.2, -0.15) is 5.10 Å². The summed E-state index contributed by atoms with van der Waals surface area (Å²) in [6.45, 7) is 2.13. The molecule has 0 atom stereocenters. The Morgan fingerprint density at radius 1 is 1.00 bits per heavy atom. The molecule has 3 aromatic carbocycles. The summed E-state index contributed by atoms with van der Waals surface area (Å²) in [5.41, 5.74) is 2.42. The monoisotopic (exact) mass is 459 g/mol. The predicted octanol–water partition coefficient (Wildman–Crippen LogP) is 5.51. The maximum Gasteiger partial charge on any atom is 0.280 e. The van der Waals surface area contributed by atoms with Gasteiger partial charge in [0.15, 0.2) is 0 Å². The number of anilines is 1. The maximum absolute atomic E-state index is 13.6. The van der Waals surface area contributed by atoms with E-state index in [1.54, 1.807) is 18.2 Å². The average Bonchev–Trinajstić information content (AvgIpc) is 2.85. The van der Waals surface area contributed by atoms with Gasteiger partial charge in [0.05, 0.1) is 18.5 Å². The summed E-state index contributed by atoms with van der Waals surface area (Å²) in [5, 5.41) is 7.85. The first-order valence-corrected chi connectivity index (χ1v) is 10.8. The fraction of sp³-hybridized carbons (Fsp3) is 0.115. The van der Waals surface area contributed by atoms with Gasteiger partial charge in [-0.1, -0.05) is 72.3 Å². The van der Waals surface area contributed by atoms with Crippen LogP contribution in [0.3, 0.4) is 0 Å². The molecule has 0 spiro atoms. The Balaban J connectivity index is 1.98. The molecule has 1 aromatic heterocycles. The van der Waals surface area contributed by atoms with Gasteiger partial charge >= 0.3 is 0 Å². The lowest BCUT2D eigenvalue weighted by Gasteiger charge is -2.17. The van der Waals surface area contributed by atoms with Crippen molar-refractivity contribution < 1.29 is 9.53 Å². The molecular formula is C26H22ClN3O3. The molecule has 4 rings (SSSR count). The zero-order valence-corrected chi connectivity index (χ0v) is 19.0. The predicted molar refractivity (Wildman–Crippen MR) is 131 cm³/mol. The average molecular weight is 460 g/mol. The molecule has 4 aromatic rings. The number of hydrogen-bond acceptors (Lipinski definition) is 4. The molecule has 0 radical (unpaired) electrons. The lowest BCUT2D eigenvalue weighted by atomic mass is 9.95. The van der Waals surface area contributed by atoms with E-state index in [1.165, 1.54) is 11.8 Å². The Bertz CT molecular complexity index is 1350. The minimum atomic E-state index is -0.568. The van der Waals surface area contributed by atoms with Gasteiger partial charge in [0.2, 0.25) is 0 Å². The number of benzene rings is 3. The number of aryl methyl sites for hydroxylation is 1. The quantitative estimate of drug-likeness (QED) is 0.412. The smallest absolute Gasteiger partial charge is 0.280 e. The second kappa shape index (κ2) is 9.71. The van der Waals surface area contributed by atoms with Gasteiger partial charge in [-0.25, -0.2) is 4.68 Å². The number of ether oxygens (including phenoxy) is 1. The van der Waals surface area contributed by atoms with E-state index >= 15 is 0 Å². The lowest BCUT2D eigenvalue weighted by molar-refractivity contribution is 0.102. The van der Waals surface area contributed by atoms with E-state index in [2.05, 4.69) is 10.4 Å². The van der Waals surface area contributed by atoms with Crippen molar-refractivity contribution in [3.05, 3.63) is 99.8 Å². The number of nitrogens with zero attached hydrogens (tertiary/aromatic N) is 2. The summed E-state index contributed by atoms with van der Waals surface area (Å²) >= 11 is 6.13. The highest BCUT2D eigenvalue weighted by molar-refractivity contribution is 6.31. The number of aromatic nitrogens is 2. The fourth-order valence-electron chi connectivity index (χ4n) is 3.64. The van der Waals surface area contributed by atoms with Crippen molar-refractivity contribution in [1.82, 2.24) is 9.78 Å². The Labute approximate surface area is 196 Å². The molecule has 0 aliphatic rings. The number of methoxy groups -OCH3 is 1. The molecule has 0 unspecified atom stereocenters. The van der Waals surface area contributed by atoms with Crippen molar-refractivity contribution in [2.75, 3.05) is 12.4 Å². The van der Waals surface area contributed by atoms with Crippen LogP contribution in [0.2, 0.25) is 5.02 Å². The first-order valence-electron chi connectivity index (χ1n) is 10.4. The molecule has 33 heavy (non-hydrogen) atoms. The first kappa shape index (κ1) is 22.3. The van der Waals surface area contributed by atoms with E-state index in [9.17, 15) is 9.59 Å². The van der Waals surface area contributed by atoms with Gasteiger partial charge in [-0.15, -0.1) is 0 Å². The van der Waals surface area contributed by atoms with Crippen LogP contribution in [0.4, 0.5) is 5.69 Å². The Morgan fingerprint density at radius 3 is 2.24 bits per heavy atom. The molecule has 0 aliphatic heterocycles. The third-order valence-corrected chi connectivity index (χ3v) is 5.44. The Morgan fingerprint density at radius 2 is 1.64 bits per heavy atom. The third kappa shape index (κ3) is 4.52. The van der Waals surface area contributed by atoms with Gasteiger partial charge in [0.1, 0.15) is 11.3 Å². The SMILES string of the molecule is CCn1nc(-c2ccccc2)c(-c2ccccc2)c(C(=O)Nc2cc(Cl)ccc2OC)c1=O. The minimum Gasteiger partial charge on any atom is -0.495 e. The number of nitrogens with one attached hydrogen (secondary N) is 1. The van der Waals surface area contributed by atoms with Gasteiger partial charge in [-0.05, 0) is 30.7 Å². The highest BCUT2D eigenvalue weighted by Gasteiger charge is 2.25. The molecule has 0 fully saturated rings. The summed E-state index contributed by atoms with van der Waals surface area (Å²) in [5.74, 6) is -0.136. The first-order chi connectivity index (χ1) is 16.0. The minimum absolute atomic E-state index is 0.000989. The summed E-state index contributed by atoms with van der Waals surface area (Å²) in [6, 6.07) is 23.7. The third-order valence-electron chi connectivity index (χ3n) is 5.20. The number of rotatable bonds is 6. The molecule has 7 heteroatoms. The normalized spacial score (nSPS) is 10.6. The van der Waals surface area contributed by atoms with Crippen molar-refractivity contribution in [2.45, 2.75) is 13.5 Å². The van der Waals surface area contributed by atoms with Gasteiger partial charge in [-0.3, -0.25) is 9.59 Å². The molecule has 0 bridgehead atoms. The molecular weight excluding hydrogens is 438 g/mol. The van der Waals surface area contributed by atoms with Crippen molar-refractivity contribution in [1.29, 1.82) is 0 Å². The van der Waals surface area contributed by atoms with Gasteiger partial charge < -0.3 is 10.1 Å². The van der Waals surface area contributed by atoms with Crippen molar-refractivity contribution in [3.63, 3.8) is 0 Å². The van der Waals surface area contributed by atoms with Crippen LogP contribution < -0.4 is 15.6 Å². The largest absolute Gasteiger partial charge is 0.495 e. The van der Waals surface area contributed by atoms with E-state index in [0.29, 0.717) is 39.8 Å². The van der Waals surface area contributed by atoms with Crippen LogP contribution in [-0.2, 0) is 6.54 Å². The van der Waals surface area contributed by atoms with Crippen molar-refractivity contribution in [2.24, 2.45) is 0 Å². The van der Waals surface area contributed by atoms with E-state index < -0.39 is 11.5 Å². The van der Waals surface area contributed by atoms with E-state index in [-0.39, 0.29) is 5.56 Å². The van der Waals surface area contributed by atoms with Crippen molar-refractivity contribution >= 4 is 23.2 Å². The van der Waals surface area contributed by atoms with Crippen LogP contribution in [0.15, 0.2) is 83.7 Å². The number of carbonyl (C=O) groups is 1. The molecule has 0 saturated heterocycles. The topological polar surface area (TPSA) is 73.2 Å². The standard InChI is InChI=1S/C26H22ClN3O3/c1-3-30-26(32)23(25(31)28-20-16-19(27)14-15-21(20)33-2)22(17-10-6-4-7-11-17)24(29-30)18-12-8-5-9-13-18/h4-16H,3H2,1-2H3,(H,28,31). The molecule has 6 nitrogen and oxygen atoms in total. The molecule has 166 valence electrons. The second-order valence-electron chi connectivity index (χ2n) is 7.25. The van der Waals surface area contributed by atoms with Crippen LogP contribution >= 0.6 is 11.6 Å². The Kier molecular flexibility index (Phi) is 6.56. The summed E-state index contributed by atoms with van der Waals surface area (Å²) in [4.78, 5) is 27.0. The molecule has 0 saturated carbocycles. The fourth-order valence-corrected chi connectivity index (χ4v) is 3.81. The van der Waals surface area contributed by atoms with Crippen LogP contribution in [0, 0.1) is 0 Å². The summed E-state index contributed by atoms with van der Waals surface area (Å²) in [6.07, 6.45) is 0. The second-order valence-corrected chi connectivity index (χ2v) is 7.69. The zero-order chi connectivity index (χ0) is 23.4. The molecule has 1 N–H and O–H groups in total. The van der Waals surface area contributed by atoms with E-state index in [4.69, 9.17) is 16.3 Å². The zero-order valence-electron chi connectivity index (χ0n) is 18.2. The number of carbonyl (C=O) groups excluding carboxylic acids is 1. The van der Waals surface area contributed by atoms with Gasteiger partial charge in [0, 0.05) is 22.7 Å². The van der Waals surface area contributed by atoms with E-state index in [0.717, 1.165) is 5.56 Å². The molecule has 0 aliphatic carbocycles. The van der Waals surface area contributed by atoms with Crippen LogP contribution in [0.1, 0.15) is 17.3 Å². The van der Waals surface area contributed by atoms with Crippen LogP contribution in [-0.4, -0.2) is 22.8 Å². The van der Waals surface area contributed by atoms with Crippen LogP contribution in [0.5, 0.6) is 5.75 Å². The highest BCUT2D eigenvalue weighted by Crippen LogP contribution is 2.33. The summed E-state index contributed by atoms with van der Waals surface area (Å²) in [7, 11) is 1.50.